The van der Waals surface area contributed by atoms with E-state index in [-0.39, 0.29) is 11.9 Å². The Bertz CT molecular complexity index is 570. The molecule has 1 atom stereocenters. The summed E-state index contributed by atoms with van der Waals surface area (Å²) in [5, 5.41) is 3.78. The van der Waals surface area contributed by atoms with Crippen LogP contribution in [0.1, 0.15) is 33.3 Å². The molecule has 1 unspecified atom stereocenters. The summed E-state index contributed by atoms with van der Waals surface area (Å²) in [6, 6.07) is 3.44. The average molecular weight is 326 g/mol. The zero-order valence-corrected chi connectivity index (χ0v) is 12.4. The molecule has 0 spiro atoms. The monoisotopic (exact) mass is 325 g/mol. The Morgan fingerprint density at radius 3 is 2.89 bits per heavy atom. The van der Waals surface area contributed by atoms with Gasteiger partial charge in [0.05, 0.1) is 6.04 Å². The number of hydrogen-bond donors (Lipinski definition) is 1. The number of halogens is 1. The minimum absolute atomic E-state index is 0.120. The van der Waals surface area contributed by atoms with Crippen molar-refractivity contribution in [1.82, 2.24) is 15.3 Å². The van der Waals surface area contributed by atoms with Crippen molar-refractivity contribution in [3.8, 4) is 0 Å². The number of amides is 1. The number of nitrogens with one attached hydrogen (secondary N) is 1. The molecular formula is C12H12BrN3OS. The predicted molar refractivity (Wildman–Crippen MR) is 74.7 cm³/mol. The van der Waals surface area contributed by atoms with Gasteiger partial charge in [0.1, 0.15) is 10.7 Å². The van der Waals surface area contributed by atoms with Crippen LogP contribution >= 0.6 is 27.3 Å². The smallest absolute Gasteiger partial charge is 0.271 e. The minimum Gasteiger partial charge on any atom is -0.342 e. The van der Waals surface area contributed by atoms with E-state index in [0.29, 0.717) is 10.2 Å². The molecule has 18 heavy (non-hydrogen) atoms. The Balaban J connectivity index is 2.10. The number of rotatable bonds is 3. The summed E-state index contributed by atoms with van der Waals surface area (Å²) < 4.78 is 0.685. The van der Waals surface area contributed by atoms with Gasteiger partial charge in [-0.05, 0) is 41.9 Å². The second-order valence-corrected chi connectivity index (χ2v) is 5.96. The number of pyridine rings is 1. The standard InChI is InChI=1S/C12H12BrN3OS/c1-7-6-15-12(18-7)8(2)16-11(17)10-9(13)4-3-5-14-10/h3-6,8H,1-2H3,(H,16,17). The van der Waals surface area contributed by atoms with Gasteiger partial charge in [0.15, 0.2) is 0 Å². The van der Waals surface area contributed by atoms with Crippen LogP contribution in [0.25, 0.3) is 0 Å². The van der Waals surface area contributed by atoms with E-state index in [0.717, 1.165) is 9.88 Å². The van der Waals surface area contributed by atoms with Crippen LogP contribution in [0.5, 0.6) is 0 Å². The first-order valence-corrected chi connectivity index (χ1v) is 7.02. The van der Waals surface area contributed by atoms with E-state index in [9.17, 15) is 4.79 Å². The summed E-state index contributed by atoms with van der Waals surface area (Å²) in [7, 11) is 0. The van der Waals surface area contributed by atoms with Crippen molar-refractivity contribution >= 4 is 33.2 Å². The molecule has 0 fully saturated rings. The predicted octanol–water partition coefficient (Wildman–Crippen LogP) is 3.10. The zero-order valence-electron chi connectivity index (χ0n) is 9.98. The van der Waals surface area contributed by atoms with Gasteiger partial charge in [-0.3, -0.25) is 4.79 Å². The summed E-state index contributed by atoms with van der Waals surface area (Å²) in [6.07, 6.45) is 3.40. The molecule has 0 saturated carbocycles. The summed E-state index contributed by atoms with van der Waals surface area (Å²) in [4.78, 5) is 21.5. The molecule has 0 bridgehead atoms. The van der Waals surface area contributed by atoms with Gasteiger partial charge in [-0.2, -0.15) is 0 Å². The molecule has 4 nitrogen and oxygen atoms in total. The van der Waals surface area contributed by atoms with E-state index in [1.165, 1.54) is 0 Å². The Morgan fingerprint density at radius 2 is 2.28 bits per heavy atom. The van der Waals surface area contributed by atoms with E-state index >= 15 is 0 Å². The molecule has 0 aliphatic carbocycles. The fraction of sp³-hybridized carbons (Fsp3) is 0.250. The molecule has 94 valence electrons. The quantitative estimate of drug-likeness (QED) is 0.943. The van der Waals surface area contributed by atoms with E-state index in [1.807, 2.05) is 13.8 Å². The highest BCUT2D eigenvalue weighted by Gasteiger charge is 2.16. The van der Waals surface area contributed by atoms with Crippen molar-refractivity contribution < 1.29 is 4.79 Å². The fourth-order valence-corrected chi connectivity index (χ4v) is 2.66. The maximum absolute atomic E-state index is 12.0. The number of aryl methyl sites for hydroxylation is 1. The third kappa shape index (κ3) is 2.94. The van der Waals surface area contributed by atoms with Crippen molar-refractivity contribution in [1.29, 1.82) is 0 Å². The molecule has 1 N–H and O–H groups in total. The Kier molecular flexibility index (Phi) is 4.08. The number of aromatic nitrogens is 2. The summed E-state index contributed by atoms with van der Waals surface area (Å²) >= 11 is 4.89. The van der Waals surface area contributed by atoms with Crippen LogP contribution in [0.15, 0.2) is 29.0 Å². The maximum Gasteiger partial charge on any atom is 0.271 e. The summed E-state index contributed by atoms with van der Waals surface area (Å²) in [6.45, 7) is 3.90. The minimum atomic E-state index is -0.206. The van der Waals surface area contributed by atoms with Gasteiger partial charge in [-0.15, -0.1) is 11.3 Å². The third-order valence-corrected chi connectivity index (χ3v) is 4.07. The molecule has 0 aromatic carbocycles. The first-order chi connectivity index (χ1) is 8.58. The lowest BCUT2D eigenvalue weighted by molar-refractivity contribution is 0.0934. The third-order valence-electron chi connectivity index (χ3n) is 2.33. The molecule has 0 radical (unpaired) electrons. The molecule has 0 aliphatic heterocycles. The molecule has 2 heterocycles. The van der Waals surface area contributed by atoms with Crippen molar-refractivity contribution in [3.63, 3.8) is 0 Å². The van der Waals surface area contributed by atoms with Crippen molar-refractivity contribution in [2.75, 3.05) is 0 Å². The van der Waals surface area contributed by atoms with E-state index < -0.39 is 0 Å². The normalized spacial score (nSPS) is 12.2. The highest BCUT2D eigenvalue weighted by molar-refractivity contribution is 9.10. The van der Waals surface area contributed by atoms with Gasteiger partial charge in [0.2, 0.25) is 0 Å². The van der Waals surface area contributed by atoms with Gasteiger partial charge < -0.3 is 5.32 Å². The second kappa shape index (κ2) is 5.58. The van der Waals surface area contributed by atoms with Crippen LogP contribution in [0, 0.1) is 6.92 Å². The maximum atomic E-state index is 12.0. The van der Waals surface area contributed by atoms with Gasteiger partial charge in [0.25, 0.3) is 5.91 Å². The molecule has 2 aromatic rings. The molecule has 6 heteroatoms. The van der Waals surface area contributed by atoms with E-state index in [2.05, 4.69) is 31.2 Å². The fourth-order valence-electron chi connectivity index (χ4n) is 1.45. The van der Waals surface area contributed by atoms with Crippen molar-refractivity contribution in [3.05, 3.63) is 44.6 Å². The van der Waals surface area contributed by atoms with Gasteiger partial charge >= 0.3 is 0 Å². The van der Waals surface area contributed by atoms with Crippen LogP contribution < -0.4 is 5.32 Å². The van der Waals surface area contributed by atoms with Crippen molar-refractivity contribution in [2.24, 2.45) is 0 Å². The van der Waals surface area contributed by atoms with Crippen LogP contribution in [0.3, 0.4) is 0 Å². The number of thiazole rings is 1. The number of carbonyl (C=O) groups is 1. The Hall–Kier alpha value is -1.27. The first kappa shape index (κ1) is 13.2. The molecule has 2 aromatic heterocycles. The van der Waals surface area contributed by atoms with Crippen molar-refractivity contribution in [2.45, 2.75) is 19.9 Å². The Labute approximate surface area is 118 Å². The molecule has 0 saturated heterocycles. The van der Waals surface area contributed by atoms with Crippen LogP contribution in [0.2, 0.25) is 0 Å². The number of carbonyl (C=O) groups excluding carboxylic acids is 1. The van der Waals surface area contributed by atoms with Gasteiger partial charge in [-0.1, -0.05) is 0 Å². The lowest BCUT2D eigenvalue weighted by Crippen LogP contribution is -2.27. The van der Waals surface area contributed by atoms with E-state index in [4.69, 9.17) is 0 Å². The van der Waals surface area contributed by atoms with Gasteiger partial charge in [-0.25, -0.2) is 9.97 Å². The molecule has 1 amide bonds. The highest BCUT2D eigenvalue weighted by Crippen LogP contribution is 2.20. The van der Waals surface area contributed by atoms with Crippen LogP contribution in [-0.4, -0.2) is 15.9 Å². The summed E-state index contributed by atoms with van der Waals surface area (Å²) in [5.74, 6) is -0.206. The molecular weight excluding hydrogens is 314 g/mol. The largest absolute Gasteiger partial charge is 0.342 e. The highest BCUT2D eigenvalue weighted by atomic mass is 79.9. The zero-order chi connectivity index (χ0) is 13.1. The second-order valence-electron chi connectivity index (χ2n) is 3.84. The number of hydrogen-bond acceptors (Lipinski definition) is 4. The van der Waals surface area contributed by atoms with Gasteiger partial charge in [0, 0.05) is 21.7 Å². The van der Waals surface area contributed by atoms with Crippen LogP contribution in [0.4, 0.5) is 0 Å². The average Bonchev–Trinajstić information content (AvgIpc) is 2.76. The molecule has 0 aliphatic rings. The first-order valence-electron chi connectivity index (χ1n) is 5.41. The SMILES string of the molecule is Cc1cnc(C(C)NC(=O)c2ncccc2Br)s1. The van der Waals surface area contributed by atoms with E-state index in [1.54, 1.807) is 35.9 Å². The molecule has 2 rings (SSSR count). The Morgan fingerprint density at radius 1 is 1.50 bits per heavy atom. The topological polar surface area (TPSA) is 54.9 Å². The van der Waals surface area contributed by atoms with Crippen LogP contribution in [-0.2, 0) is 0 Å². The lowest BCUT2D eigenvalue weighted by Gasteiger charge is -2.11. The lowest BCUT2D eigenvalue weighted by atomic mass is 10.3. The number of nitrogens with zero attached hydrogens (tertiary/aromatic N) is 2. The summed E-state index contributed by atoms with van der Waals surface area (Å²) in [5.41, 5.74) is 0.387.